The molecule has 0 saturated carbocycles. The van der Waals surface area contributed by atoms with Gasteiger partial charge < -0.3 is 9.84 Å². The summed E-state index contributed by atoms with van der Waals surface area (Å²) in [5.41, 5.74) is 0.924. The number of carbonyl (C=O) groups excluding carboxylic acids is 1. The van der Waals surface area contributed by atoms with Crippen molar-refractivity contribution in [2.24, 2.45) is 0 Å². The number of carbonyl (C=O) groups is 2. The maximum Gasteiger partial charge on any atom is 0.411 e. The molecule has 1 N–H and O–H groups in total. The van der Waals surface area contributed by atoms with E-state index >= 15 is 0 Å². The maximum absolute atomic E-state index is 12.7. The van der Waals surface area contributed by atoms with Gasteiger partial charge in [0.1, 0.15) is 12.1 Å². The molecule has 0 saturated heterocycles. The fourth-order valence-corrected chi connectivity index (χ4v) is 2.55. The van der Waals surface area contributed by atoms with Crippen molar-refractivity contribution in [3.63, 3.8) is 0 Å². The molecule has 0 bridgehead atoms. The van der Waals surface area contributed by atoms with E-state index < -0.39 is 30.3 Å². The predicted octanol–water partition coefficient (Wildman–Crippen LogP) is 4.10. The Kier molecular flexibility index (Phi) is 5.80. The van der Waals surface area contributed by atoms with Crippen LogP contribution in [0.1, 0.15) is 37.9 Å². The highest BCUT2D eigenvalue weighted by atomic mass is 16.6. The minimum absolute atomic E-state index is 0.455. The Morgan fingerprint density at radius 2 is 1.40 bits per heavy atom. The molecular weight excluding hydrogens is 318 g/mol. The molecule has 5 heteroatoms. The van der Waals surface area contributed by atoms with Gasteiger partial charge in [0.2, 0.25) is 0 Å². The third-order valence-electron chi connectivity index (χ3n) is 3.48. The number of benzene rings is 2. The van der Waals surface area contributed by atoms with E-state index in [0.717, 1.165) is 11.1 Å². The van der Waals surface area contributed by atoms with Crippen LogP contribution < -0.4 is 0 Å². The Bertz CT molecular complexity index is 668. The molecular formula is C20H23NO4. The maximum atomic E-state index is 12.7. The average Bonchev–Trinajstić information content (AvgIpc) is 2.54. The number of nitrogens with zero attached hydrogens (tertiary/aromatic N) is 1. The van der Waals surface area contributed by atoms with Crippen LogP contribution in [0.25, 0.3) is 0 Å². The SMILES string of the molecule is CC(C)(C)OC(=O)N(CC(=O)O)C(c1ccccc1)c1ccccc1. The molecule has 0 unspecified atom stereocenters. The molecule has 0 fully saturated rings. The van der Waals surface area contributed by atoms with E-state index in [1.807, 2.05) is 60.7 Å². The lowest BCUT2D eigenvalue weighted by Gasteiger charge is -2.33. The second-order valence-corrected chi connectivity index (χ2v) is 6.73. The van der Waals surface area contributed by atoms with Crippen LogP contribution >= 0.6 is 0 Å². The number of carboxylic acids is 1. The number of amides is 1. The first-order chi connectivity index (χ1) is 11.8. The minimum Gasteiger partial charge on any atom is -0.480 e. The first-order valence-corrected chi connectivity index (χ1v) is 8.09. The molecule has 0 atom stereocenters. The van der Waals surface area contributed by atoms with Gasteiger partial charge in [-0.3, -0.25) is 9.69 Å². The molecule has 0 aliphatic carbocycles. The van der Waals surface area contributed by atoms with Crippen LogP contribution in [-0.2, 0) is 9.53 Å². The minimum atomic E-state index is -1.09. The summed E-state index contributed by atoms with van der Waals surface area (Å²) in [6.45, 7) is 4.81. The average molecular weight is 341 g/mol. The molecule has 132 valence electrons. The third-order valence-corrected chi connectivity index (χ3v) is 3.48. The molecule has 1 amide bonds. The zero-order valence-electron chi connectivity index (χ0n) is 14.7. The van der Waals surface area contributed by atoms with Gasteiger partial charge in [0, 0.05) is 0 Å². The van der Waals surface area contributed by atoms with Gasteiger partial charge in [-0.05, 0) is 31.9 Å². The van der Waals surface area contributed by atoms with E-state index in [2.05, 4.69) is 0 Å². The summed E-state index contributed by atoms with van der Waals surface area (Å²) in [6.07, 6.45) is -0.660. The fraction of sp³-hybridized carbons (Fsp3) is 0.300. The zero-order chi connectivity index (χ0) is 18.4. The topological polar surface area (TPSA) is 66.8 Å². The number of aliphatic carboxylic acids is 1. The first kappa shape index (κ1) is 18.5. The standard InChI is InChI=1S/C20H23NO4/c1-20(2,3)25-19(24)21(14-17(22)23)18(15-10-6-4-7-11-15)16-12-8-5-9-13-16/h4-13,18H,14H2,1-3H3,(H,22,23). The van der Waals surface area contributed by atoms with E-state index in [1.165, 1.54) is 4.90 Å². The smallest absolute Gasteiger partial charge is 0.411 e. The van der Waals surface area contributed by atoms with Gasteiger partial charge in [0.25, 0.3) is 0 Å². The highest BCUT2D eigenvalue weighted by molar-refractivity contribution is 5.78. The highest BCUT2D eigenvalue weighted by Crippen LogP contribution is 2.30. The quantitative estimate of drug-likeness (QED) is 0.889. The van der Waals surface area contributed by atoms with Crippen molar-refractivity contribution < 1.29 is 19.4 Å². The molecule has 0 aliphatic rings. The molecule has 2 rings (SSSR count). The number of ether oxygens (including phenoxy) is 1. The van der Waals surface area contributed by atoms with Crippen molar-refractivity contribution in [3.8, 4) is 0 Å². The summed E-state index contributed by atoms with van der Waals surface area (Å²) >= 11 is 0. The Morgan fingerprint density at radius 3 is 1.76 bits per heavy atom. The Hall–Kier alpha value is -2.82. The van der Waals surface area contributed by atoms with Crippen molar-refractivity contribution in [2.45, 2.75) is 32.4 Å². The summed E-state index contributed by atoms with van der Waals surface area (Å²) in [6, 6.07) is 18.1. The molecule has 0 aliphatic heterocycles. The van der Waals surface area contributed by atoms with Crippen molar-refractivity contribution in [3.05, 3.63) is 71.8 Å². The van der Waals surface area contributed by atoms with Crippen molar-refractivity contribution in [1.29, 1.82) is 0 Å². The Balaban J connectivity index is 2.49. The summed E-state index contributed by atoms with van der Waals surface area (Å²) in [5, 5.41) is 9.32. The summed E-state index contributed by atoms with van der Waals surface area (Å²) < 4.78 is 5.45. The first-order valence-electron chi connectivity index (χ1n) is 8.09. The number of rotatable bonds is 5. The third kappa shape index (κ3) is 5.35. The van der Waals surface area contributed by atoms with Gasteiger partial charge in [0.15, 0.2) is 0 Å². The van der Waals surface area contributed by atoms with Crippen molar-refractivity contribution in [1.82, 2.24) is 4.90 Å². The van der Waals surface area contributed by atoms with Gasteiger partial charge >= 0.3 is 12.1 Å². The molecule has 0 radical (unpaired) electrons. The van der Waals surface area contributed by atoms with Crippen LogP contribution in [-0.4, -0.2) is 34.2 Å². The Labute approximate surface area is 147 Å². The molecule has 0 heterocycles. The highest BCUT2D eigenvalue weighted by Gasteiger charge is 2.32. The lowest BCUT2D eigenvalue weighted by Crippen LogP contribution is -2.42. The van der Waals surface area contributed by atoms with Gasteiger partial charge in [-0.15, -0.1) is 0 Å². The predicted molar refractivity (Wildman–Crippen MR) is 95.3 cm³/mol. The van der Waals surface area contributed by atoms with E-state index in [4.69, 9.17) is 4.74 Å². The van der Waals surface area contributed by atoms with Crippen LogP contribution in [0.2, 0.25) is 0 Å². The van der Waals surface area contributed by atoms with E-state index in [1.54, 1.807) is 20.8 Å². The summed E-state index contributed by atoms with van der Waals surface area (Å²) in [7, 11) is 0. The lowest BCUT2D eigenvalue weighted by molar-refractivity contribution is -0.138. The molecule has 5 nitrogen and oxygen atoms in total. The monoisotopic (exact) mass is 341 g/mol. The zero-order valence-corrected chi connectivity index (χ0v) is 14.7. The Morgan fingerprint density at radius 1 is 0.960 bits per heavy atom. The van der Waals surface area contributed by atoms with Gasteiger partial charge in [0.05, 0.1) is 6.04 Å². The second-order valence-electron chi connectivity index (χ2n) is 6.73. The van der Waals surface area contributed by atoms with E-state index in [0.29, 0.717) is 0 Å². The lowest BCUT2D eigenvalue weighted by atomic mass is 9.97. The van der Waals surface area contributed by atoms with E-state index in [9.17, 15) is 14.7 Å². The largest absolute Gasteiger partial charge is 0.480 e. The van der Waals surface area contributed by atoms with Crippen LogP contribution in [0.15, 0.2) is 60.7 Å². The van der Waals surface area contributed by atoms with Crippen LogP contribution in [0, 0.1) is 0 Å². The number of hydrogen-bond donors (Lipinski definition) is 1. The summed E-state index contributed by atoms with van der Waals surface area (Å²) in [5.74, 6) is -1.09. The van der Waals surface area contributed by atoms with Crippen molar-refractivity contribution in [2.75, 3.05) is 6.54 Å². The van der Waals surface area contributed by atoms with Gasteiger partial charge in [-0.25, -0.2) is 4.79 Å². The molecule has 0 spiro atoms. The normalized spacial score (nSPS) is 11.2. The fourth-order valence-electron chi connectivity index (χ4n) is 2.55. The molecule has 2 aromatic rings. The summed E-state index contributed by atoms with van der Waals surface area (Å²) in [4.78, 5) is 25.4. The second kappa shape index (κ2) is 7.83. The van der Waals surface area contributed by atoms with Gasteiger partial charge in [-0.1, -0.05) is 60.7 Å². The number of carboxylic acid groups (broad SMARTS) is 1. The van der Waals surface area contributed by atoms with Crippen LogP contribution in [0.4, 0.5) is 4.79 Å². The molecule has 0 aromatic heterocycles. The molecule has 2 aromatic carbocycles. The van der Waals surface area contributed by atoms with E-state index in [-0.39, 0.29) is 0 Å². The number of hydrogen-bond acceptors (Lipinski definition) is 3. The van der Waals surface area contributed by atoms with Gasteiger partial charge in [-0.2, -0.15) is 0 Å². The molecule has 25 heavy (non-hydrogen) atoms. The van der Waals surface area contributed by atoms with Crippen LogP contribution in [0.5, 0.6) is 0 Å². The van der Waals surface area contributed by atoms with Crippen molar-refractivity contribution >= 4 is 12.1 Å². The van der Waals surface area contributed by atoms with Crippen LogP contribution in [0.3, 0.4) is 0 Å².